The Morgan fingerprint density at radius 2 is 0.967 bits per heavy atom. The molecule has 0 saturated carbocycles. The van der Waals surface area contributed by atoms with Gasteiger partial charge in [-0.25, -0.2) is 0 Å². The molecule has 0 amide bonds. The molecule has 0 spiro atoms. The summed E-state index contributed by atoms with van der Waals surface area (Å²) in [5.74, 6) is 0. The van der Waals surface area contributed by atoms with Gasteiger partial charge in [-0.05, 0) is 59.3 Å². The van der Waals surface area contributed by atoms with Gasteiger partial charge in [0.05, 0.1) is 46.5 Å². The van der Waals surface area contributed by atoms with Crippen LogP contribution < -0.4 is 0 Å². The Morgan fingerprint density at radius 3 is 1.57 bits per heavy atom. The SMILES string of the molecule is Cc1ccc2c3c(C#N)cc(C#N)c4c(C)cc(C#N)c(c5ccc(C#N)c1c52)c43. The minimum Gasteiger partial charge on any atom is -0.192 e. The van der Waals surface area contributed by atoms with E-state index in [-0.39, 0.29) is 0 Å². The third-order valence-corrected chi connectivity index (χ3v) is 5.99. The average Bonchev–Trinajstić information content (AvgIpc) is 2.77. The highest BCUT2D eigenvalue weighted by Crippen LogP contribution is 2.45. The molecule has 30 heavy (non-hydrogen) atoms. The summed E-state index contributed by atoms with van der Waals surface area (Å²) in [4.78, 5) is 0. The van der Waals surface area contributed by atoms with Crippen molar-refractivity contribution in [2.75, 3.05) is 0 Å². The van der Waals surface area contributed by atoms with E-state index in [4.69, 9.17) is 0 Å². The van der Waals surface area contributed by atoms with Crippen molar-refractivity contribution in [3.8, 4) is 24.3 Å². The van der Waals surface area contributed by atoms with Crippen LogP contribution in [0.1, 0.15) is 33.4 Å². The van der Waals surface area contributed by atoms with Crippen LogP contribution >= 0.6 is 0 Å². The summed E-state index contributed by atoms with van der Waals surface area (Å²) in [5, 5.41) is 45.7. The van der Waals surface area contributed by atoms with Gasteiger partial charge >= 0.3 is 0 Å². The maximum atomic E-state index is 9.93. The lowest BCUT2D eigenvalue weighted by molar-refractivity contribution is 1.45. The van der Waals surface area contributed by atoms with Gasteiger partial charge in [0.1, 0.15) is 0 Å². The molecule has 0 atom stereocenters. The molecule has 5 aromatic rings. The highest BCUT2D eigenvalue weighted by molar-refractivity contribution is 6.36. The van der Waals surface area contributed by atoms with Crippen LogP contribution in [0.4, 0.5) is 0 Å². The molecule has 0 radical (unpaired) electrons. The van der Waals surface area contributed by atoms with Crippen molar-refractivity contribution in [1.82, 2.24) is 0 Å². The van der Waals surface area contributed by atoms with Gasteiger partial charge in [0.2, 0.25) is 0 Å². The predicted octanol–water partition coefficient (Wildman–Crippen LogP) is 5.84. The number of rotatable bonds is 0. The molecule has 0 saturated heterocycles. The summed E-state index contributed by atoms with van der Waals surface area (Å²) in [6, 6.07) is 20.1. The van der Waals surface area contributed by atoms with Gasteiger partial charge in [0.15, 0.2) is 0 Å². The third kappa shape index (κ3) is 1.95. The fraction of sp³-hybridized carbons (Fsp3) is 0.0769. The van der Waals surface area contributed by atoms with Crippen molar-refractivity contribution in [3.05, 3.63) is 69.8 Å². The molecule has 0 aliphatic rings. The molecule has 4 heteroatoms. The largest absolute Gasteiger partial charge is 0.192 e. The molecule has 5 aromatic carbocycles. The first kappa shape index (κ1) is 17.5. The second-order valence-electron chi connectivity index (χ2n) is 7.50. The predicted molar refractivity (Wildman–Crippen MR) is 116 cm³/mol. The molecule has 136 valence electrons. The van der Waals surface area contributed by atoms with Crippen LogP contribution in [0.3, 0.4) is 0 Å². The quantitative estimate of drug-likeness (QED) is 0.249. The average molecular weight is 380 g/mol. The molecule has 0 heterocycles. The van der Waals surface area contributed by atoms with Gasteiger partial charge < -0.3 is 0 Å². The second-order valence-corrected chi connectivity index (χ2v) is 7.50. The monoisotopic (exact) mass is 380 g/mol. The van der Waals surface area contributed by atoms with Gasteiger partial charge in [-0.1, -0.05) is 18.2 Å². The van der Waals surface area contributed by atoms with E-state index < -0.39 is 0 Å². The molecule has 0 unspecified atom stereocenters. The Bertz CT molecular complexity index is 1730. The Kier molecular flexibility index (Phi) is 3.45. The van der Waals surface area contributed by atoms with E-state index in [1.54, 1.807) is 18.2 Å². The van der Waals surface area contributed by atoms with E-state index in [1.165, 1.54) is 0 Å². The Hall–Kier alpha value is -4.64. The highest BCUT2D eigenvalue weighted by Gasteiger charge is 2.23. The van der Waals surface area contributed by atoms with E-state index in [0.717, 1.165) is 54.2 Å². The van der Waals surface area contributed by atoms with E-state index in [1.807, 2.05) is 32.0 Å². The topological polar surface area (TPSA) is 95.2 Å². The van der Waals surface area contributed by atoms with Gasteiger partial charge in [-0.15, -0.1) is 0 Å². The Balaban J connectivity index is 2.34. The molecular weight excluding hydrogens is 368 g/mol. The summed E-state index contributed by atoms with van der Waals surface area (Å²) in [6.45, 7) is 3.84. The third-order valence-electron chi connectivity index (χ3n) is 5.99. The lowest BCUT2D eigenvalue weighted by Crippen LogP contribution is -1.98. The van der Waals surface area contributed by atoms with Gasteiger partial charge in [-0.3, -0.25) is 0 Å². The van der Waals surface area contributed by atoms with Crippen LogP contribution in [0.25, 0.3) is 43.1 Å². The summed E-state index contributed by atoms with van der Waals surface area (Å²) in [5.41, 5.74) is 3.67. The van der Waals surface area contributed by atoms with Crippen molar-refractivity contribution in [3.63, 3.8) is 0 Å². The molecule has 4 nitrogen and oxygen atoms in total. The first-order chi connectivity index (χ1) is 14.5. The Labute approximate surface area is 172 Å². The molecule has 0 fully saturated rings. The van der Waals surface area contributed by atoms with E-state index in [2.05, 4.69) is 24.3 Å². The van der Waals surface area contributed by atoms with Crippen LogP contribution in [-0.4, -0.2) is 0 Å². The summed E-state index contributed by atoms with van der Waals surface area (Å²) >= 11 is 0. The zero-order valence-electron chi connectivity index (χ0n) is 16.3. The van der Waals surface area contributed by atoms with Crippen LogP contribution in [0.2, 0.25) is 0 Å². The van der Waals surface area contributed by atoms with Crippen molar-refractivity contribution >= 4 is 43.1 Å². The highest BCUT2D eigenvalue weighted by atomic mass is 14.3. The first-order valence-corrected chi connectivity index (χ1v) is 9.37. The maximum absolute atomic E-state index is 9.93. The minimum atomic E-state index is 0.396. The molecule has 0 aromatic heterocycles. The molecule has 0 aliphatic carbocycles. The first-order valence-electron chi connectivity index (χ1n) is 9.37. The number of hydrogen-bond donors (Lipinski definition) is 0. The Morgan fingerprint density at radius 1 is 0.467 bits per heavy atom. The van der Waals surface area contributed by atoms with Crippen molar-refractivity contribution in [2.24, 2.45) is 0 Å². The van der Waals surface area contributed by atoms with Crippen molar-refractivity contribution in [2.45, 2.75) is 13.8 Å². The number of benzene rings is 5. The standard InChI is InChI=1S/C26H12N4/c1-13-3-5-19-24-18(12-30)8-17(11-29)22-14(2)7-16(10-28)23(26(22)24)20-6-4-15(9-27)21(13)25(19)20/h3-8H,1-2H3. The number of nitrogens with zero attached hydrogens (tertiary/aromatic N) is 4. The van der Waals surface area contributed by atoms with E-state index in [0.29, 0.717) is 22.3 Å². The molecule has 0 bridgehead atoms. The smallest absolute Gasteiger partial charge is 0.0998 e. The summed E-state index contributed by atoms with van der Waals surface area (Å²) in [7, 11) is 0. The number of hydrogen-bond acceptors (Lipinski definition) is 4. The van der Waals surface area contributed by atoms with Crippen molar-refractivity contribution in [1.29, 1.82) is 21.0 Å². The van der Waals surface area contributed by atoms with Crippen LogP contribution in [-0.2, 0) is 0 Å². The number of aryl methyl sites for hydroxylation is 2. The van der Waals surface area contributed by atoms with Crippen LogP contribution in [0.15, 0.2) is 36.4 Å². The summed E-state index contributed by atoms with van der Waals surface area (Å²) < 4.78 is 0. The molecule has 5 rings (SSSR count). The van der Waals surface area contributed by atoms with Crippen LogP contribution in [0.5, 0.6) is 0 Å². The number of nitriles is 4. The van der Waals surface area contributed by atoms with E-state index in [9.17, 15) is 21.0 Å². The lowest BCUT2D eigenvalue weighted by Gasteiger charge is -2.19. The zero-order valence-corrected chi connectivity index (χ0v) is 16.3. The molecule has 0 aliphatic heterocycles. The lowest BCUT2D eigenvalue weighted by atomic mass is 9.82. The van der Waals surface area contributed by atoms with Gasteiger partial charge in [0.25, 0.3) is 0 Å². The van der Waals surface area contributed by atoms with Crippen LogP contribution in [0, 0.1) is 59.2 Å². The van der Waals surface area contributed by atoms with E-state index >= 15 is 0 Å². The molecular formula is C26H12N4. The van der Waals surface area contributed by atoms with Crippen molar-refractivity contribution < 1.29 is 0 Å². The van der Waals surface area contributed by atoms with Gasteiger partial charge in [-0.2, -0.15) is 21.0 Å². The maximum Gasteiger partial charge on any atom is 0.0998 e. The minimum absolute atomic E-state index is 0.396. The summed E-state index contributed by atoms with van der Waals surface area (Å²) in [6.07, 6.45) is 0. The fourth-order valence-corrected chi connectivity index (χ4v) is 4.84. The van der Waals surface area contributed by atoms with Gasteiger partial charge in [0, 0.05) is 26.9 Å². The fourth-order valence-electron chi connectivity index (χ4n) is 4.84. The zero-order chi connectivity index (χ0) is 21.2. The second kappa shape index (κ2) is 5.93. The normalized spacial score (nSPS) is 10.9. The number of fused-ring (bicyclic) bond motifs is 2. The molecule has 0 N–H and O–H groups in total.